The second-order valence-corrected chi connectivity index (χ2v) is 5.94. The molecular weight excluding hydrogens is 254 g/mol. The van der Waals surface area contributed by atoms with Gasteiger partial charge in [-0.3, -0.25) is 9.89 Å². The number of likely N-dealkylation sites (tertiary alicyclic amines) is 1. The second kappa shape index (κ2) is 5.95. The molecule has 0 aromatic carbocycles. The van der Waals surface area contributed by atoms with Crippen molar-refractivity contribution in [1.82, 2.24) is 15.1 Å². The van der Waals surface area contributed by atoms with Gasteiger partial charge in [0.05, 0.1) is 12.0 Å². The molecule has 1 aromatic rings. The van der Waals surface area contributed by atoms with Crippen LogP contribution in [-0.2, 0) is 9.53 Å². The summed E-state index contributed by atoms with van der Waals surface area (Å²) in [7, 11) is 0. The molecule has 1 N–H and O–H groups in total. The monoisotopic (exact) mass is 277 g/mol. The predicted molar refractivity (Wildman–Crippen MR) is 75.3 cm³/mol. The molecule has 0 bridgehead atoms. The van der Waals surface area contributed by atoms with E-state index in [1.165, 1.54) is 5.69 Å². The van der Waals surface area contributed by atoms with Crippen molar-refractivity contribution in [2.45, 2.75) is 44.6 Å². The Balaban J connectivity index is 1.56. The minimum absolute atomic E-state index is 0.0625. The fourth-order valence-corrected chi connectivity index (χ4v) is 3.39. The Morgan fingerprint density at radius 2 is 2.20 bits per heavy atom. The molecule has 20 heavy (non-hydrogen) atoms. The Labute approximate surface area is 119 Å². The number of hydrogen-bond donors (Lipinski definition) is 1. The molecule has 3 rings (SSSR count). The minimum Gasteiger partial charge on any atom is -0.378 e. The number of piperidine rings is 1. The number of carbonyl (C=O) groups excluding carboxylic acids is 1. The summed E-state index contributed by atoms with van der Waals surface area (Å²) in [5.41, 5.74) is 1.20. The maximum absolute atomic E-state index is 12.6. The summed E-state index contributed by atoms with van der Waals surface area (Å²) in [6, 6.07) is 2.04. The van der Waals surface area contributed by atoms with Crippen LogP contribution in [-0.4, -0.2) is 46.8 Å². The molecule has 0 aliphatic carbocycles. The fourth-order valence-electron chi connectivity index (χ4n) is 3.39. The van der Waals surface area contributed by atoms with E-state index in [-0.39, 0.29) is 12.0 Å². The first-order chi connectivity index (χ1) is 9.75. The number of ether oxygens (including phenoxy) is 1. The Morgan fingerprint density at radius 1 is 1.40 bits per heavy atom. The molecule has 110 valence electrons. The van der Waals surface area contributed by atoms with Crippen LogP contribution in [0.3, 0.4) is 0 Å². The van der Waals surface area contributed by atoms with Crippen molar-refractivity contribution in [3.05, 3.63) is 18.0 Å². The van der Waals surface area contributed by atoms with Gasteiger partial charge in [-0.25, -0.2) is 0 Å². The maximum atomic E-state index is 12.6. The normalized spacial score (nSPS) is 28.6. The molecule has 2 fully saturated rings. The van der Waals surface area contributed by atoms with Crippen LogP contribution in [0.25, 0.3) is 0 Å². The number of aromatic nitrogens is 2. The number of nitrogens with one attached hydrogen (secondary N) is 1. The van der Waals surface area contributed by atoms with Gasteiger partial charge in [0.25, 0.3) is 0 Å². The van der Waals surface area contributed by atoms with Gasteiger partial charge in [-0.1, -0.05) is 0 Å². The summed E-state index contributed by atoms with van der Waals surface area (Å²) < 4.78 is 5.62. The van der Waals surface area contributed by atoms with Crippen LogP contribution in [0.2, 0.25) is 0 Å². The van der Waals surface area contributed by atoms with Crippen LogP contribution in [0.15, 0.2) is 12.3 Å². The molecule has 3 heterocycles. The molecule has 2 aliphatic rings. The largest absolute Gasteiger partial charge is 0.378 e. The third kappa shape index (κ3) is 2.73. The SMILES string of the molecule is C[C@@H]1OCCC[C@@H]1C(=O)N1CCC(c2ccn[nH]2)CC1. The molecule has 0 spiro atoms. The van der Waals surface area contributed by atoms with E-state index in [1.54, 1.807) is 6.20 Å². The molecular formula is C15H23N3O2. The Kier molecular flexibility index (Phi) is 4.05. The van der Waals surface area contributed by atoms with E-state index in [2.05, 4.69) is 10.2 Å². The van der Waals surface area contributed by atoms with E-state index in [9.17, 15) is 4.79 Å². The van der Waals surface area contributed by atoms with E-state index in [0.717, 1.165) is 45.4 Å². The highest BCUT2D eigenvalue weighted by Gasteiger charge is 2.33. The minimum atomic E-state index is 0.0625. The van der Waals surface area contributed by atoms with E-state index >= 15 is 0 Å². The zero-order valence-electron chi connectivity index (χ0n) is 12.0. The van der Waals surface area contributed by atoms with Crippen LogP contribution in [0, 0.1) is 5.92 Å². The summed E-state index contributed by atoms with van der Waals surface area (Å²) in [6.07, 6.45) is 5.90. The number of hydrogen-bond acceptors (Lipinski definition) is 3. The zero-order valence-corrected chi connectivity index (χ0v) is 12.0. The summed E-state index contributed by atoms with van der Waals surface area (Å²) in [5.74, 6) is 0.870. The van der Waals surface area contributed by atoms with Crippen molar-refractivity contribution in [3.8, 4) is 0 Å². The summed E-state index contributed by atoms with van der Waals surface area (Å²) >= 11 is 0. The summed E-state index contributed by atoms with van der Waals surface area (Å²) in [6.45, 7) is 4.53. The Bertz CT molecular complexity index is 438. The first-order valence-electron chi connectivity index (χ1n) is 7.65. The van der Waals surface area contributed by atoms with Crippen molar-refractivity contribution in [2.75, 3.05) is 19.7 Å². The lowest BCUT2D eigenvalue weighted by Gasteiger charge is -2.36. The van der Waals surface area contributed by atoms with Crippen LogP contribution in [0.5, 0.6) is 0 Å². The fraction of sp³-hybridized carbons (Fsp3) is 0.733. The highest BCUT2D eigenvalue weighted by molar-refractivity contribution is 5.79. The van der Waals surface area contributed by atoms with E-state index in [0.29, 0.717) is 11.8 Å². The molecule has 1 aromatic heterocycles. The van der Waals surface area contributed by atoms with Crippen molar-refractivity contribution < 1.29 is 9.53 Å². The lowest BCUT2D eigenvalue weighted by Crippen LogP contribution is -2.46. The highest BCUT2D eigenvalue weighted by Crippen LogP contribution is 2.29. The maximum Gasteiger partial charge on any atom is 0.228 e. The lowest BCUT2D eigenvalue weighted by molar-refractivity contribution is -0.145. The highest BCUT2D eigenvalue weighted by atomic mass is 16.5. The average molecular weight is 277 g/mol. The molecule has 5 heteroatoms. The van der Waals surface area contributed by atoms with Gasteiger partial charge in [0.2, 0.25) is 5.91 Å². The molecule has 1 amide bonds. The van der Waals surface area contributed by atoms with E-state index < -0.39 is 0 Å². The third-order valence-electron chi connectivity index (χ3n) is 4.69. The standard InChI is InChI=1S/C15H23N3O2/c1-11-13(3-2-10-20-11)15(19)18-8-5-12(6-9-18)14-4-7-16-17-14/h4,7,11-13H,2-3,5-6,8-10H2,1H3,(H,16,17)/t11-,13-/m0/s1. The van der Waals surface area contributed by atoms with E-state index in [4.69, 9.17) is 4.74 Å². The average Bonchev–Trinajstić information content (AvgIpc) is 3.01. The lowest BCUT2D eigenvalue weighted by atomic mass is 9.90. The quantitative estimate of drug-likeness (QED) is 0.898. The first-order valence-corrected chi connectivity index (χ1v) is 7.65. The number of amides is 1. The Hall–Kier alpha value is -1.36. The van der Waals surface area contributed by atoms with Gasteiger partial charge in [0.1, 0.15) is 0 Å². The van der Waals surface area contributed by atoms with Crippen LogP contribution in [0.4, 0.5) is 0 Å². The van der Waals surface area contributed by atoms with Gasteiger partial charge in [0, 0.05) is 37.5 Å². The Morgan fingerprint density at radius 3 is 2.85 bits per heavy atom. The van der Waals surface area contributed by atoms with Crippen molar-refractivity contribution in [3.63, 3.8) is 0 Å². The van der Waals surface area contributed by atoms with Crippen LogP contribution >= 0.6 is 0 Å². The van der Waals surface area contributed by atoms with Crippen molar-refractivity contribution in [2.24, 2.45) is 5.92 Å². The number of nitrogens with zero attached hydrogens (tertiary/aromatic N) is 2. The number of aromatic amines is 1. The molecule has 2 aliphatic heterocycles. The smallest absolute Gasteiger partial charge is 0.228 e. The van der Waals surface area contributed by atoms with E-state index in [1.807, 2.05) is 17.9 Å². The number of carbonyl (C=O) groups is 1. The summed E-state index contributed by atoms with van der Waals surface area (Å²) in [4.78, 5) is 14.6. The van der Waals surface area contributed by atoms with Gasteiger partial charge in [-0.2, -0.15) is 5.10 Å². The predicted octanol–water partition coefficient (Wildman–Crippen LogP) is 1.93. The van der Waals surface area contributed by atoms with Crippen LogP contribution in [0.1, 0.15) is 44.2 Å². The van der Waals surface area contributed by atoms with Gasteiger partial charge in [0.15, 0.2) is 0 Å². The molecule has 2 atom stereocenters. The van der Waals surface area contributed by atoms with Crippen molar-refractivity contribution in [1.29, 1.82) is 0 Å². The molecule has 0 unspecified atom stereocenters. The number of rotatable bonds is 2. The van der Waals surface area contributed by atoms with Gasteiger partial charge >= 0.3 is 0 Å². The number of H-pyrrole nitrogens is 1. The molecule has 2 saturated heterocycles. The van der Waals surface area contributed by atoms with Crippen LogP contribution < -0.4 is 0 Å². The molecule has 5 nitrogen and oxygen atoms in total. The molecule has 0 saturated carbocycles. The summed E-state index contributed by atoms with van der Waals surface area (Å²) in [5, 5.41) is 7.06. The second-order valence-electron chi connectivity index (χ2n) is 5.94. The first kappa shape index (κ1) is 13.6. The molecule has 0 radical (unpaired) electrons. The topological polar surface area (TPSA) is 58.2 Å². The van der Waals surface area contributed by atoms with Crippen molar-refractivity contribution >= 4 is 5.91 Å². The van der Waals surface area contributed by atoms with Gasteiger partial charge in [-0.15, -0.1) is 0 Å². The van der Waals surface area contributed by atoms with Gasteiger partial charge < -0.3 is 9.64 Å². The zero-order chi connectivity index (χ0) is 13.9. The van der Waals surface area contributed by atoms with Gasteiger partial charge in [-0.05, 0) is 38.7 Å². The third-order valence-corrected chi connectivity index (χ3v) is 4.69.